The molecule has 0 aromatic heterocycles. The second-order valence-electron chi connectivity index (χ2n) is 13.2. The zero-order valence-electron chi connectivity index (χ0n) is 22.8. The zero-order valence-corrected chi connectivity index (χ0v) is 23.7. The first-order valence-electron chi connectivity index (χ1n) is 14.1. The van der Waals surface area contributed by atoms with Gasteiger partial charge < -0.3 is 0 Å². The Morgan fingerprint density at radius 2 is 1.79 bits per heavy atom. The number of hydrogen-bond acceptors (Lipinski definition) is 3. The second-order valence-corrected chi connectivity index (χ2v) is 14.8. The van der Waals surface area contributed by atoms with Gasteiger partial charge in [0.1, 0.15) is 0 Å². The number of allylic oxidation sites excluding steroid dienone is 3. The molecule has 0 amide bonds. The standard InChI is InChI=1S/C30H50O3S/c1-8-22(20(2)3)10-9-21(4)26-13-14-27-25-12-11-23-19-24(33-34(7,31)32)15-17-29(23,5)28(25)16-18-30(26,27)6/h9-11,20-22,24-28H,8,12-19H2,1-7H3/t21-,22-,24+,25+,26-,27?,28-,29+,30-/m1/s1. The third kappa shape index (κ3) is 4.84. The van der Waals surface area contributed by atoms with E-state index in [1.807, 2.05) is 0 Å². The molecule has 0 aromatic carbocycles. The molecule has 3 fully saturated rings. The van der Waals surface area contributed by atoms with Gasteiger partial charge in [0.25, 0.3) is 10.1 Å². The van der Waals surface area contributed by atoms with Crippen molar-refractivity contribution in [3.63, 3.8) is 0 Å². The van der Waals surface area contributed by atoms with Gasteiger partial charge in [-0.15, -0.1) is 0 Å². The molecule has 0 saturated heterocycles. The molecule has 194 valence electrons. The van der Waals surface area contributed by atoms with E-state index in [9.17, 15) is 8.42 Å². The molecule has 0 aromatic rings. The maximum atomic E-state index is 11.7. The van der Waals surface area contributed by atoms with E-state index in [0.717, 1.165) is 48.9 Å². The molecule has 1 unspecified atom stereocenters. The van der Waals surface area contributed by atoms with Gasteiger partial charge in [0, 0.05) is 0 Å². The Bertz CT molecular complexity index is 902. The van der Waals surface area contributed by atoms with Crippen LogP contribution in [-0.2, 0) is 14.3 Å². The number of hydrogen-bond donors (Lipinski definition) is 0. The highest BCUT2D eigenvalue weighted by Crippen LogP contribution is 2.67. The van der Waals surface area contributed by atoms with Crippen molar-refractivity contribution in [2.75, 3.05) is 6.26 Å². The molecule has 0 aliphatic heterocycles. The SMILES string of the molecule is CC[C@H](C=C[C@@H](C)[C@H]1CCC2[C@@H]3CC=C4C[C@@H](OS(C)(=O)=O)CC[C@]4(C)[C@@H]3CC[C@@]21C)C(C)C. The first-order valence-corrected chi connectivity index (χ1v) is 16.0. The van der Waals surface area contributed by atoms with E-state index in [4.69, 9.17) is 4.18 Å². The lowest BCUT2D eigenvalue weighted by Crippen LogP contribution is -2.51. The van der Waals surface area contributed by atoms with E-state index in [2.05, 4.69) is 59.8 Å². The molecule has 0 radical (unpaired) electrons. The fraction of sp³-hybridized carbons (Fsp3) is 0.867. The van der Waals surface area contributed by atoms with Crippen molar-refractivity contribution in [3.8, 4) is 0 Å². The smallest absolute Gasteiger partial charge is 0.264 e. The molecule has 4 rings (SSSR count). The van der Waals surface area contributed by atoms with Crippen LogP contribution >= 0.6 is 0 Å². The van der Waals surface area contributed by atoms with Crippen LogP contribution in [0.3, 0.4) is 0 Å². The maximum absolute atomic E-state index is 11.7. The highest BCUT2D eigenvalue weighted by Gasteiger charge is 2.59. The van der Waals surface area contributed by atoms with Gasteiger partial charge in [-0.1, -0.05) is 65.3 Å². The first kappa shape index (κ1) is 26.5. The Hall–Kier alpha value is -0.610. The second kappa shape index (κ2) is 9.69. The highest BCUT2D eigenvalue weighted by molar-refractivity contribution is 7.86. The molecule has 3 nitrogen and oxygen atoms in total. The summed E-state index contributed by atoms with van der Waals surface area (Å²) in [4.78, 5) is 0. The summed E-state index contributed by atoms with van der Waals surface area (Å²) in [5.41, 5.74) is 2.18. The summed E-state index contributed by atoms with van der Waals surface area (Å²) in [6.45, 7) is 14.6. The molecule has 4 aliphatic carbocycles. The van der Waals surface area contributed by atoms with E-state index in [1.54, 1.807) is 0 Å². The van der Waals surface area contributed by atoms with Crippen LogP contribution in [0.4, 0.5) is 0 Å². The summed E-state index contributed by atoms with van der Waals surface area (Å²) in [5.74, 6) is 5.26. The van der Waals surface area contributed by atoms with E-state index >= 15 is 0 Å². The van der Waals surface area contributed by atoms with Gasteiger partial charge in [-0.05, 0) is 110 Å². The van der Waals surface area contributed by atoms with Crippen LogP contribution < -0.4 is 0 Å². The Morgan fingerprint density at radius 1 is 1.06 bits per heavy atom. The Morgan fingerprint density at radius 3 is 2.44 bits per heavy atom. The van der Waals surface area contributed by atoms with Crippen molar-refractivity contribution in [2.24, 2.45) is 52.3 Å². The Labute approximate surface area is 210 Å². The average Bonchev–Trinajstić information content (AvgIpc) is 3.10. The summed E-state index contributed by atoms with van der Waals surface area (Å²) in [6, 6.07) is 0. The molecule has 4 aliphatic rings. The minimum Gasteiger partial charge on any atom is -0.267 e. The van der Waals surface area contributed by atoms with Crippen LogP contribution in [-0.4, -0.2) is 20.8 Å². The summed E-state index contributed by atoms with van der Waals surface area (Å²) < 4.78 is 28.8. The molecule has 0 bridgehead atoms. The van der Waals surface area contributed by atoms with Crippen molar-refractivity contribution in [3.05, 3.63) is 23.8 Å². The quantitative estimate of drug-likeness (QED) is 0.270. The van der Waals surface area contributed by atoms with Crippen LogP contribution in [0.15, 0.2) is 23.8 Å². The van der Waals surface area contributed by atoms with Gasteiger partial charge in [-0.3, -0.25) is 4.18 Å². The van der Waals surface area contributed by atoms with Gasteiger partial charge >= 0.3 is 0 Å². The van der Waals surface area contributed by atoms with E-state index in [0.29, 0.717) is 17.3 Å². The predicted molar refractivity (Wildman–Crippen MR) is 142 cm³/mol. The summed E-state index contributed by atoms with van der Waals surface area (Å²) >= 11 is 0. The van der Waals surface area contributed by atoms with E-state index in [-0.39, 0.29) is 11.5 Å². The lowest BCUT2D eigenvalue weighted by Gasteiger charge is -2.58. The molecule has 3 saturated carbocycles. The molecule has 9 atom stereocenters. The van der Waals surface area contributed by atoms with Crippen LogP contribution in [0.1, 0.15) is 99.3 Å². The van der Waals surface area contributed by atoms with Gasteiger partial charge in [0.05, 0.1) is 12.4 Å². The van der Waals surface area contributed by atoms with Crippen LogP contribution in [0.25, 0.3) is 0 Å². The Balaban J connectivity index is 1.50. The topological polar surface area (TPSA) is 43.4 Å². The lowest BCUT2D eigenvalue weighted by molar-refractivity contribution is -0.0523. The number of fused-ring (bicyclic) bond motifs is 5. The Kier molecular flexibility index (Phi) is 7.54. The van der Waals surface area contributed by atoms with Crippen LogP contribution in [0.5, 0.6) is 0 Å². The van der Waals surface area contributed by atoms with Crippen molar-refractivity contribution < 1.29 is 12.6 Å². The summed E-state index contributed by atoms with van der Waals surface area (Å²) in [5, 5.41) is 0. The largest absolute Gasteiger partial charge is 0.267 e. The fourth-order valence-corrected chi connectivity index (χ4v) is 9.80. The van der Waals surface area contributed by atoms with Gasteiger partial charge in [-0.25, -0.2) is 0 Å². The predicted octanol–water partition coefficient (Wildman–Crippen LogP) is 7.78. The molecule has 34 heavy (non-hydrogen) atoms. The van der Waals surface area contributed by atoms with Gasteiger partial charge in [0.15, 0.2) is 0 Å². The lowest BCUT2D eigenvalue weighted by atomic mass is 9.47. The molecular weight excluding hydrogens is 440 g/mol. The summed E-state index contributed by atoms with van der Waals surface area (Å²) in [6.07, 6.45) is 19.2. The van der Waals surface area contributed by atoms with Crippen molar-refractivity contribution in [1.82, 2.24) is 0 Å². The normalized spacial score (nSPS) is 42.1. The van der Waals surface area contributed by atoms with Crippen molar-refractivity contribution >= 4 is 10.1 Å². The van der Waals surface area contributed by atoms with E-state index < -0.39 is 10.1 Å². The van der Waals surface area contributed by atoms with Crippen molar-refractivity contribution in [2.45, 2.75) is 105 Å². The zero-order chi connectivity index (χ0) is 24.9. The monoisotopic (exact) mass is 490 g/mol. The van der Waals surface area contributed by atoms with Crippen LogP contribution in [0, 0.1) is 52.3 Å². The molecular formula is C30H50O3S. The minimum atomic E-state index is -3.39. The third-order valence-electron chi connectivity index (χ3n) is 11.1. The molecule has 0 N–H and O–H groups in total. The molecule has 0 spiro atoms. The fourth-order valence-electron chi connectivity index (χ4n) is 9.14. The van der Waals surface area contributed by atoms with Crippen molar-refractivity contribution in [1.29, 1.82) is 0 Å². The van der Waals surface area contributed by atoms with Gasteiger partial charge in [0.2, 0.25) is 0 Å². The van der Waals surface area contributed by atoms with E-state index in [1.165, 1.54) is 50.4 Å². The highest BCUT2D eigenvalue weighted by atomic mass is 32.2. The minimum absolute atomic E-state index is 0.166. The number of rotatable bonds is 7. The summed E-state index contributed by atoms with van der Waals surface area (Å²) in [7, 11) is -3.39. The molecule has 4 heteroatoms. The molecule has 0 heterocycles. The first-order chi connectivity index (χ1) is 15.9. The van der Waals surface area contributed by atoms with Gasteiger partial charge in [-0.2, -0.15) is 8.42 Å². The third-order valence-corrected chi connectivity index (χ3v) is 11.7. The average molecular weight is 491 g/mol. The maximum Gasteiger partial charge on any atom is 0.264 e. The van der Waals surface area contributed by atoms with Crippen LogP contribution in [0.2, 0.25) is 0 Å².